The summed E-state index contributed by atoms with van der Waals surface area (Å²) in [6.45, 7) is 4.48. The van der Waals surface area contributed by atoms with Crippen molar-refractivity contribution in [2.24, 2.45) is 5.92 Å². The van der Waals surface area contributed by atoms with E-state index in [1.165, 1.54) is 21.7 Å². The highest BCUT2D eigenvalue weighted by molar-refractivity contribution is 6.30. The molecule has 2 aromatic rings. The molecule has 45 heavy (non-hydrogen) atoms. The van der Waals surface area contributed by atoms with Crippen molar-refractivity contribution in [2.45, 2.75) is 102 Å². The van der Waals surface area contributed by atoms with E-state index in [0.717, 1.165) is 44.9 Å². The van der Waals surface area contributed by atoms with Crippen LogP contribution in [0.1, 0.15) is 83.2 Å². The van der Waals surface area contributed by atoms with Crippen molar-refractivity contribution in [3.8, 4) is 5.88 Å². The summed E-state index contributed by atoms with van der Waals surface area (Å²) in [5.74, 6) is -0.572. The molecule has 1 aliphatic carbocycles. The summed E-state index contributed by atoms with van der Waals surface area (Å²) >= 11 is 6.33. The molecule has 0 spiro atoms. The van der Waals surface area contributed by atoms with E-state index < -0.39 is 35.5 Å². The van der Waals surface area contributed by atoms with E-state index in [1.807, 2.05) is 13.8 Å². The van der Waals surface area contributed by atoms with Gasteiger partial charge >= 0.3 is 0 Å². The van der Waals surface area contributed by atoms with E-state index >= 15 is 0 Å². The molecule has 3 atom stereocenters. The predicted octanol–water partition coefficient (Wildman–Crippen LogP) is 3.97. The molecule has 3 amide bonds. The maximum atomic E-state index is 14.3. The number of nitrogens with two attached hydrogens (primary N) is 1. The molecule has 3 heterocycles. The second-order valence-electron chi connectivity index (χ2n) is 12.8. The standard InChI is InChI=1S/C33H47ClN6O5/c1-21(2)17-26-32(43)39(4)28(19-22-18-23(34)20-36-30(22)45-24-13-14-24)33(44)38(3)15-9-7-5-6-8-12-27(29(41)37-26)40-16-10-11-25(35)31(40)42/h10-11,16,18,20-21,24,26-28H,5-9,12-15,17,19,35H2,1-4H3,(H,37,41)/t26-,27-,28-/m0/s1. The van der Waals surface area contributed by atoms with Gasteiger partial charge < -0.3 is 30.2 Å². The molecule has 1 saturated heterocycles. The highest BCUT2D eigenvalue weighted by atomic mass is 35.5. The van der Waals surface area contributed by atoms with Crippen molar-refractivity contribution < 1.29 is 19.1 Å². The van der Waals surface area contributed by atoms with Crippen molar-refractivity contribution in [2.75, 3.05) is 26.4 Å². The molecule has 2 aliphatic rings. The molecule has 0 bridgehead atoms. The lowest BCUT2D eigenvalue weighted by Crippen LogP contribution is -2.56. The number of amides is 3. The highest BCUT2D eigenvalue weighted by Crippen LogP contribution is 2.30. The van der Waals surface area contributed by atoms with Gasteiger partial charge in [0.05, 0.1) is 10.7 Å². The molecule has 11 nitrogen and oxygen atoms in total. The second-order valence-corrected chi connectivity index (χ2v) is 13.2. The summed E-state index contributed by atoms with van der Waals surface area (Å²) < 4.78 is 7.40. The topological polar surface area (TPSA) is 140 Å². The van der Waals surface area contributed by atoms with Gasteiger partial charge in [0.2, 0.25) is 23.6 Å². The third-order valence-electron chi connectivity index (χ3n) is 8.52. The van der Waals surface area contributed by atoms with Crippen LogP contribution in [-0.2, 0) is 20.8 Å². The van der Waals surface area contributed by atoms with Crippen LogP contribution in [0.3, 0.4) is 0 Å². The minimum atomic E-state index is -0.921. The molecule has 1 saturated carbocycles. The van der Waals surface area contributed by atoms with E-state index in [0.29, 0.717) is 35.9 Å². The molecule has 4 rings (SSSR count). The smallest absolute Gasteiger partial charge is 0.274 e. The van der Waals surface area contributed by atoms with Gasteiger partial charge in [-0.05, 0) is 56.2 Å². The number of anilines is 1. The van der Waals surface area contributed by atoms with E-state index in [9.17, 15) is 19.2 Å². The molecular formula is C33H47ClN6O5. The quantitative estimate of drug-likeness (QED) is 0.466. The molecule has 2 fully saturated rings. The monoisotopic (exact) mass is 642 g/mol. The van der Waals surface area contributed by atoms with Crippen LogP contribution in [0, 0.1) is 5.92 Å². The second kappa shape index (κ2) is 15.6. The highest BCUT2D eigenvalue weighted by Gasteiger charge is 2.36. The average molecular weight is 643 g/mol. The largest absolute Gasteiger partial charge is 0.474 e. The number of hydrogen-bond donors (Lipinski definition) is 2. The first kappa shape index (κ1) is 34.3. The van der Waals surface area contributed by atoms with Gasteiger partial charge in [-0.2, -0.15) is 0 Å². The number of pyridine rings is 2. The summed E-state index contributed by atoms with van der Waals surface area (Å²) in [5.41, 5.74) is 6.17. The van der Waals surface area contributed by atoms with Gasteiger partial charge in [-0.1, -0.05) is 51.1 Å². The van der Waals surface area contributed by atoms with Crippen LogP contribution in [0.5, 0.6) is 5.88 Å². The Balaban J connectivity index is 1.69. The van der Waals surface area contributed by atoms with Gasteiger partial charge in [-0.3, -0.25) is 19.2 Å². The molecule has 2 aromatic heterocycles. The lowest BCUT2D eigenvalue weighted by molar-refractivity contribution is -0.146. The molecule has 0 aromatic carbocycles. The number of aromatic nitrogens is 2. The molecule has 1 aliphatic heterocycles. The number of carbonyl (C=O) groups excluding carboxylic acids is 3. The van der Waals surface area contributed by atoms with Gasteiger partial charge in [0, 0.05) is 45.0 Å². The Morgan fingerprint density at radius 1 is 1.04 bits per heavy atom. The number of rotatable bonds is 7. The third kappa shape index (κ3) is 9.22. The molecule has 0 radical (unpaired) electrons. The van der Waals surface area contributed by atoms with Crippen LogP contribution in [0.25, 0.3) is 0 Å². The predicted molar refractivity (Wildman–Crippen MR) is 174 cm³/mol. The summed E-state index contributed by atoms with van der Waals surface area (Å²) in [5, 5.41) is 3.36. The first-order valence-electron chi connectivity index (χ1n) is 16.1. The Labute approximate surface area is 270 Å². The Morgan fingerprint density at radius 2 is 1.76 bits per heavy atom. The Morgan fingerprint density at radius 3 is 2.47 bits per heavy atom. The Hall–Kier alpha value is -3.60. The SMILES string of the molecule is CC(C)C[C@@H]1NC(=O)[C@@H](n2cccc(N)c2=O)CCCCCCCN(C)C(=O)[C@H](Cc2cc(Cl)cnc2OC2CC2)N(C)C1=O. The summed E-state index contributed by atoms with van der Waals surface area (Å²) in [4.78, 5) is 62.7. The number of ether oxygens (including phenoxy) is 1. The van der Waals surface area contributed by atoms with Crippen LogP contribution in [0.2, 0.25) is 5.02 Å². The van der Waals surface area contributed by atoms with E-state index in [2.05, 4.69) is 10.3 Å². The lowest BCUT2D eigenvalue weighted by atomic mass is 9.98. The molecule has 3 N–H and O–H groups in total. The number of hydrogen-bond acceptors (Lipinski definition) is 7. The van der Waals surface area contributed by atoms with Gasteiger partial charge in [-0.15, -0.1) is 0 Å². The number of nitrogens with zero attached hydrogens (tertiary/aromatic N) is 4. The van der Waals surface area contributed by atoms with Crippen molar-refractivity contribution in [1.82, 2.24) is 24.7 Å². The minimum Gasteiger partial charge on any atom is -0.474 e. The van der Waals surface area contributed by atoms with Crippen LogP contribution in [0.15, 0.2) is 35.4 Å². The van der Waals surface area contributed by atoms with E-state index in [1.54, 1.807) is 37.3 Å². The summed E-state index contributed by atoms with van der Waals surface area (Å²) in [7, 11) is 3.36. The van der Waals surface area contributed by atoms with Gasteiger partial charge in [0.15, 0.2) is 0 Å². The fraction of sp³-hybridized carbons (Fsp3) is 0.606. The zero-order valence-electron chi connectivity index (χ0n) is 26.8. The molecular weight excluding hydrogens is 596 g/mol. The van der Waals surface area contributed by atoms with Crippen molar-refractivity contribution in [3.63, 3.8) is 0 Å². The number of halogens is 1. The fourth-order valence-corrected chi connectivity index (χ4v) is 5.95. The molecule has 12 heteroatoms. The first-order valence-corrected chi connectivity index (χ1v) is 16.4. The number of nitrogen functional groups attached to an aromatic ring is 1. The zero-order valence-corrected chi connectivity index (χ0v) is 27.6. The number of nitrogens with one attached hydrogen (secondary N) is 1. The van der Waals surface area contributed by atoms with E-state index in [-0.39, 0.29) is 30.0 Å². The van der Waals surface area contributed by atoms with Crippen molar-refractivity contribution in [1.29, 1.82) is 0 Å². The maximum Gasteiger partial charge on any atom is 0.274 e. The third-order valence-corrected chi connectivity index (χ3v) is 8.73. The minimum absolute atomic E-state index is 0.0537. The molecule has 246 valence electrons. The molecule has 0 unspecified atom stereocenters. The first-order chi connectivity index (χ1) is 21.5. The average Bonchev–Trinajstić information content (AvgIpc) is 3.82. The zero-order chi connectivity index (χ0) is 32.7. The van der Waals surface area contributed by atoms with E-state index in [4.69, 9.17) is 22.1 Å². The van der Waals surface area contributed by atoms with Gasteiger partial charge in [0.25, 0.3) is 5.56 Å². The number of likely N-dealkylation sites (N-methyl/N-ethyl adjacent to an activating group) is 2. The summed E-state index contributed by atoms with van der Waals surface area (Å²) in [6, 6.07) is 2.25. The van der Waals surface area contributed by atoms with Crippen LogP contribution in [-0.4, -0.2) is 75.9 Å². The number of carbonyl (C=O) groups is 3. The maximum absolute atomic E-state index is 14.3. The van der Waals surface area contributed by atoms with Crippen LogP contribution >= 0.6 is 11.6 Å². The summed E-state index contributed by atoms with van der Waals surface area (Å²) in [6.07, 6.45) is 10.2. The van der Waals surface area contributed by atoms with Gasteiger partial charge in [0.1, 0.15) is 24.2 Å². The van der Waals surface area contributed by atoms with Crippen molar-refractivity contribution >= 4 is 35.0 Å². The Kier molecular flexibility index (Phi) is 11.9. The van der Waals surface area contributed by atoms with Crippen LogP contribution < -0.4 is 21.3 Å². The van der Waals surface area contributed by atoms with Crippen LogP contribution in [0.4, 0.5) is 5.69 Å². The lowest BCUT2D eigenvalue weighted by Gasteiger charge is -2.34. The Bertz CT molecular complexity index is 1410. The van der Waals surface area contributed by atoms with Crippen molar-refractivity contribution in [3.05, 3.63) is 51.5 Å². The fourth-order valence-electron chi connectivity index (χ4n) is 5.77. The normalized spacial score (nSPS) is 22.9. The van der Waals surface area contributed by atoms with Gasteiger partial charge in [-0.25, -0.2) is 4.98 Å².